The van der Waals surface area contributed by atoms with Gasteiger partial charge < -0.3 is 25.4 Å². The zero-order chi connectivity index (χ0) is 21.2. The standard InChI is InChI=1S/C21H25N3O5/c1-14(2)29-18-10-4-15(5-11-18)12-23-21(27)24-17-8-6-16(7-9-17)20(26)22-13-19(25)28-3/h4-11,14H,12-13H2,1-3H3,(H,22,26)(H2,23,24,27). The van der Waals surface area contributed by atoms with E-state index in [1.165, 1.54) is 7.11 Å². The fourth-order valence-electron chi connectivity index (χ4n) is 2.35. The summed E-state index contributed by atoms with van der Waals surface area (Å²) in [7, 11) is 1.25. The monoisotopic (exact) mass is 399 g/mol. The van der Waals surface area contributed by atoms with E-state index in [4.69, 9.17) is 4.74 Å². The Bertz CT molecular complexity index is 832. The van der Waals surface area contributed by atoms with Crippen molar-refractivity contribution in [3.63, 3.8) is 0 Å². The van der Waals surface area contributed by atoms with Gasteiger partial charge in [-0.3, -0.25) is 9.59 Å². The molecule has 8 heteroatoms. The molecule has 0 atom stereocenters. The predicted molar refractivity (Wildman–Crippen MR) is 109 cm³/mol. The lowest BCUT2D eigenvalue weighted by Gasteiger charge is -2.11. The van der Waals surface area contributed by atoms with Gasteiger partial charge in [0.2, 0.25) is 0 Å². The molecule has 0 saturated carbocycles. The molecule has 0 spiro atoms. The molecule has 0 saturated heterocycles. The van der Waals surface area contributed by atoms with Crippen molar-refractivity contribution in [1.82, 2.24) is 10.6 Å². The fraction of sp³-hybridized carbons (Fsp3) is 0.286. The number of anilines is 1. The molecule has 0 aliphatic carbocycles. The van der Waals surface area contributed by atoms with E-state index in [0.717, 1.165) is 11.3 Å². The lowest BCUT2D eigenvalue weighted by molar-refractivity contribution is -0.139. The summed E-state index contributed by atoms with van der Waals surface area (Å²) in [4.78, 5) is 35.0. The average Bonchev–Trinajstić information content (AvgIpc) is 2.71. The Balaban J connectivity index is 1.80. The maximum atomic E-state index is 12.0. The second-order valence-corrected chi connectivity index (χ2v) is 6.45. The van der Waals surface area contributed by atoms with Crippen molar-refractivity contribution < 1.29 is 23.9 Å². The van der Waals surface area contributed by atoms with Gasteiger partial charge in [0.15, 0.2) is 0 Å². The molecular weight excluding hydrogens is 374 g/mol. The van der Waals surface area contributed by atoms with Crippen LogP contribution in [0.3, 0.4) is 0 Å². The molecule has 0 aliphatic heterocycles. The van der Waals surface area contributed by atoms with Crippen LogP contribution in [0.5, 0.6) is 5.75 Å². The van der Waals surface area contributed by atoms with E-state index < -0.39 is 11.9 Å². The molecule has 2 aromatic rings. The van der Waals surface area contributed by atoms with Crippen LogP contribution < -0.4 is 20.7 Å². The van der Waals surface area contributed by atoms with Crippen LogP contribution >= 0.6 is 0 Å². The molecule has 0 radical (unpaired) electrons. The Kier molecular flexibility index (Phi) is 8.02. The van der Waals surface area contributed by atoms with Crippen molar-refractivity contribution in [2.45, 2.75) is 26.5 Å². The highest BCUT2D eigenvalue weighted by Gasteiger charge is 2.09. The van der Waals surface area contributed by atoms with E-state index in [1.807, 2.05) is 38.1 Å². The SMILES string of the molecule is COC(=O)CNC(=O)c1ccc(NC(=O)NCc2ccc(OC(C)C)cc2)cc1. The second kappa shape index (κ2) is 10.7. The predicted octanol–water partition coefficient (Wildman–Crippen LogP) is 2.70. The molecule has 2 rings (SSSR count). The molecule has 154 valence electrons. The second-order valence-electron chi connectivity index (χ2n) is 6.45. The zero-order valence-corrected chi connectivity index (χ0v) is 16.7. The highest BCUT2D eigenvalue weighted by atomic mass is 16.5. The van der Waals surface area contributed by atoms with E-state index in [1.54, 1.807) is 24.3 Å². The number of urea groups is 1. The molecule has 0 fully saturated rings. The van der Waals surface area contributed by atoms with Gasteiger partial charge in [-0.1, -0.05) is 12.1 Å². The van der Waals surface area contributed by atoms with Gasteiger partial charge in [0, 0.05) is 17.8 Å². The van der Waals surface area contributed by atoms with Gasteiger partial charge in [-0.2, -0.15) is 0 Å². The topological polar surface area (TPSA) is 106 Å². The van der Waals surface area contributed by atoms with Crippen LogP contribution in [0.2, 0.25) is 0 Å². The number of nitrogens with one attached hydrogen (secondary N) is 3. The lowest BCUT2D eigenvalue weighted by Crippen LogP contribution is -2.30. The minimum Gasteiger partial charge on any atom is -0.491 e. The van der Waals surface area contributed by atoms with Gasteiger partial charge in [-0.25, -0.2) is 4.79 Å². The van der Waals surface area contributed by atoms with Gasteiger partial charge in [0.1, 0.15) is 12.3 Å². The van der Waals surface area contributed by atoms with E-state index in [9.17, 15) is 14.4 Å². The first-order chi connectivity index (χ1) is 13.9. The largest absolute Gasteiger partial charge is 0.491 e. The molecule has 2 aromatic carbocycles. The van der Waals surface area contributed by atoms with Crippen LogP contribution in [-0.4, -0.2) is 37.7 Å². The van der Waals surface area contributed by atoms with Crippen molar-refractivity contribution in [2.24, 2.45) is 0 Å². The fourth-order valence-corrected chi connectivity index (χ4v) is 2.35. The van der Waals surface area contributed by atoms with Crippen LogP contribution in [0.15, 0.2) is 48.5 Å². The molecule has 3 N–H and O–H groups in total. The Morgan fingerprint density at radius 2 is 1.59 bits per heavy atom. The average molecular weight is 399 g/mol. The van der Waals surface area contributed by atoms with Gasteiger partial charge in [0.05, 0.1) is 13.2 Å². The zero-order valence-electron chi connectivity index (χ0n) is 16.7. The summed E-state index contributed by atoms with van der Waals surface area (Å²) < 4.78 is 10.0. The summed E-state index contributed by atoms with van der Waals surface area (Å²) in [6.45, 7) is 4.08. The number of ether oxygens (including phenoxy) is 2. The third kappa shape index (κ3) is 7.53. The smallest absolute Gasteiger partial charge is 0.325 e. The van der Waals surface area contributed by atoms with Gasteiger partial charge in [-0.15, -0.1) is 0 Å². The van der Waals surface area contributed by atoms with Crippen LogP contribution in [0.4, 0.5) is 10.5 Å². The number of amides is 3. The molecule has 0 bridgehead atoms. The third-order valence-electron chi connectivity index (χ3n) is 3.77. The number of carbonyl (C=O) groups is 3. The third-order valence-corrected chi connectivity index (χ3v) is 3.77. The molecule has 0 aromatic heterocycles. The Morgan fingerprint density at radius 3 is 2.17 bits per heavy atom. The van der Waals surface area contributed by atoms with Crippen LogP contribution in [0, 0.1) is 0 Å². The van der Waals surface area contributed by atoms with Gasteiger partial charge in [-0.05, 0) is 55.8 Å². The van der Waals surface area contributed by atoms with Gasteiger partial charge in [0.25, 0.3) is 5.91 Å². The summed E-state index contributed by atoms with van der Waals surface area (Å²) >= 11 is 0. The van der Waals surface area contributed by atoms with Crippen molar-refractivity contribution in [3.05, 3.63) is 59.7 Å². The first kappa shape index (κ1) is 21.7. The van der Waals surface area contributed by atoms with Crippen LogP contribution in [0.1, 0.15) is 29.8 Å². The van der Waals surface area contributed by atoms with Crippen molar-refractivity contribution in [2.75, 3.05) is 19.0 Å². The molecule has 29 heavy (non-hydrogen) atoms. The number of esters is 1. The number of benzene rings is 2. The van der Waals surface area contributed by atoms with Crippen molar-refractivity contribution in [3.8, 4) is 5.75 Å². The van der Waals surface area contributed by atoms with Gasteiger partial charge >= 0.3 is 12.0 Å². The first-order valence-corrected chi connectivity index (χ1v) is 9.13. The highest BCUT2D eigenvalue weighted by Crippen LogP contribution is 2.14. The van der Waals surface area contributed by atoms with E-state index in [-0.39, 0.29) is 18.7 Å². The molecule has 0 aliphatic rings. The molecule has 0 unspecified atom stereocenters. The highest BCUT2D eigenvalue weighted by molar-refractivity contribution is 5.96. The number of hydrogen-bond acceptors (Lipinski definition) is 5. The quantitative estimate of drug-likeness (QED) is 0.592. The number of methoxy groups -OCH3 is 1. The summed E-state index contributed by atoms with van der Waals surface area (Å²) in [5.74, 6) is -0.157. The minimum absolute atomic E-state index is 0.107. The Morgan fingerprint density at radius 1 is 0.931 bits per heavy atom. The normalized spacial score (nSPS) is 10.2. The Labute approximate surface area is 169 Å². The molecular formula is C21H25N3O5. The number of rotatable bonds is 8. The van der Waals surface area contributed by atoms with E-state index >= 15 is 0 Å². The summed E-state index contributed by atoms with van der Waals surface area (Å²) in [5.41, 5.74) is 1.84. The van der Waals surface area contributed by atoms with Crippen LogP contribution in [-0.2, 0) is 16.1 Å². The molecule has 0 heterocycles. The Hall–Kier alpha value is -3.55. The van der Waals surface area contributed by atoms with E-state index in [2.05, 4.69) is 20.7 Å². The number of carbonyl (C=O) groups excluding carboxylic acids is 3. The van der Waals surface area contributed by atoms with Crippen molar-refractivity contribution in [1.29, 1.82) is 0 Å². The summed E-state index contributed by atoms with van der Waals surface area (Å²) in [6, 6.07) is 13.4. The van der Waals surface area contributed by atoms with Crippen molar-refractivity contribution >= 4 is 23.6 Å². The minimum atomic E-state index is -0.532. The summed E-state index contributed by atoms with van der Waals surface area (Å²) in [6.07, 6.45) is 0.107. The number of hydrogen-bond donors (Lipinski definition) is 3. The maximum absolute atomic E-state index is 12.0. The summed E-state index contributed by atoms with van der Waals surface area (Å²) in [5, 5.41) is 7.90. The molecule has 8 nitrogen and oxygen atoms in total. The van der Waals surface area contributed by atoms with E-state index in [0.29, 0.717) is 17.8 Å². The van der Waals surface area contributed by atoms with Crippen LogP contribution in [0.25, 0.3) is 0 Å². The molecule has 3 amide bonds. The lowest BCUT2D eigenvalue weighted by atomic mass is 10.2. The first-order valence-electron chi connectivity index (χ1n) is 9.13. The maximum Gasteiger partial charge on any atom is 0.325 e.